The van der Waals surface area contributed by atoms with Crippen molar-refractivity contribution in [1.29, 1.82) is 0 Å². The number of ether oxygens (including phenoxy) is 1. The van der Waals surface area contributed by atoms with Gasteiger partial charge in [-0.15, -0.1) is 0 Å². The predicted molar refractivity (Wildman–Crippen MR) is 70.2 cm³/mol. The SMILES string of the molecule is CCCC(OC(=O)CC)C1CCC(=O)N1C(=O)CC. The van der Waals surface area contributed by atoms with Gasteiger partial charge in [0.05, 0.1) is 6.04 Å². The molecule has 5 heteroatoms. The maximum Gasteiger partial charge on any atom is 0.305 e. The zero-order valence-corrected chi connectivity index (χ0v) is 12.0. The van der Waals surface area contributed by atoms with Crippen LogP contribution in [0.25, 0.3) is 0 Å². The Morgan fingerprint density at radius 2 is 2.00 bits per heavy atom. The molecule has 19 heavy (non-hydrogen) atoms. The van der Waals surface area contributed by atoms with E-state index < -0.39 is 0 Å². The Kier molecular flexibility index (Phi) is 5.99. The Morgan fingerprint density at radius 3 is 2.53 bits per heavy atom. The Labute approximate surface area is 114 Å². The van der Waals surface area contributed by atoms with Gasteiger partial charge in [0.15, 0.2) is 0 Å². The number of esters is 1. The average Bonchev–Trinajstić information content (AvgIpc) is 2.79. The van der Waals surface area contributed by atoms with Crippen LogP contribution in [0.3, 0.4) is 0 Å². The largest absolute Gasteiger partial charge is 0.460 e. The first kappa shape index (κ1) is 15.7. The molecule has 1 heterocycles. The van der Waals surface area contributed by atoms with E-state index in [4.69, 9.17) is 4.74 Å². The minimum Gasteiger partial charge on any atom is -0.460 e. The van der Waals surface area contributed by atoms with Crippen molar-refractivity contribution in [2.24, 2.45) is 0 Å². The molecule has 2 amide bonds. The van der Waals surface area contributed by atoms with E-state index >= 15 is 0 Å². The van der Waals surface area contributed by atoms with E-state index in [-0.39, 0.29) is 29.9 Å². The molecule has 0 aromatic heterocycles. The number of hydrogen-bond acceptors (Lipinski definition) is 4. The second kappa shape index (κ2) is 7.26. The van der Waals surface area contributed by atoms with Crippen LogP contribution in [0.5, 0.6) is 0 Å². The van der Waals surface area contributed by atoms with Crippen molar-refractivity contribution in [2.75, 3.05) is 0 Å². The van der Waals surface area contributed by atoms with Gasteiger partial charge in [0.25, 0.3) is 0 Å². The highest BCUT2D eigenvalue weighted by Crippen LogP contribution is 2.26. The molecule has 5 nitrogen and oxygen atoms in total. The van der Waals surface area contributed by atoms with Gasteiger partial charge in [0.1, 0.15) is 6.10 Å². The van der Waals surface area contributed by atoms with Crippen molar-refractivity contribution in [1.82, 2.24) is 4.90 Å². The van der Waals surface area contributed by atoms with E-state index in [1.807, 2.05) is 6.92 Å². The molecule has 1 aliphatic rings. The summed E-state index contributed by atoms with van der Waals surface area (Å²) in [6, 6.07) is -0.282. The monoisotopic (exact) mass is 269 g/mol. The summed E-state index contributed by atoms with van der Waals surface area (Å²) in [5.74, 6) is -0.603. The molecule has 2 atom stereocenters. The molecule has 108 valence electrons. The number of carbonyl (C=O) groups is 3. The van der Waals surface area contributed by atoms with Crippen LogP contribution in [0, 0.1) is 0 Å². The number of nitrogens with zero attached hydrogens (tertiary/aromatic N) is 1. The molecule has 2 unspecified atom stereocenters. The third-order valence-corrected chi connectivity index (χ3v) is 3.40. The molecule has 1 rings (SSSR count). The number of carbonyl (C=O) groups excluding carboxylic acids is 3. The van der Waals surface area contributed by atoms with Crippen molar-refractivity contribution in [3.8, 4) is 0 Å². The predicted octanol–water partition coefficient (Wildman–Crippen LogP) is 2.04. The molecular formula is C14H23NO4. The number of amides is 2. The Morgan fingerprint density at radius 1 is 1.32 bits per heavy atom. The highest BCUT2D eigenvalue weighted by Gasteiger charge is 2.40. The molecule has 1 fully saturated rings. The van der Waals surface area contributed by atoms with Crippen LogP contribution in [0.1, 0.15) is 59.3 Å². The summed E-state index contributed by atoms with van der Waals surface area (Å²) in [6.07, 6.45) is 2.72. The molecule has 0 spiro atoms. The van der Waals surface area contributed by atoms with Gasteiger partial charge in [-0.1, -0.05) is 27.2 Å². The molecule has 0 aromatic rings. The Balaban J connectivity index is 2.84. The number of hydrogen-bond donors (Lipinski definition) is 0. The molecule has 0 N–H and O–H groups in total. The van der Waals surface area contributed by atoms with Crippen LogP contribution in [0.2, 0.25) is 0 Å². The molecule has 1 aliphatic heterocycles. The van der Waals surface area contributed by atoms with Gasteiger partial charge in [-0.2, -0.15) is 0 Å². The van der Waals surface area contributed by atoms with Crippen molar-refractivity contribution in [2.45, 2.75) is 71.4 Å². The standard InChI is InChI=1S/C14H23NO4/c1-4-7-11(19-14(18)6-3)10-8-9-13(17)15(10)12(16)5-2/h10-11H,4-9H2,1-3H3. The minimum atomic E-state index is -0.362. The van der Waals surface area contributed by atoms with Crippen molar-refractivity contribution >= 4 is 17.8 Å². The van der Waals surface area contributed by atoms with Crippen LogP contribution in [0.15, 0.2) is 0 Å². The summed E-state index contributed by atoms with van der Waals surface area (Å²) in [5.41, 5.74) is 0. The molecule has 0 aliphatic carbocycles. The Bertz CT molecular complexity index is 353. The van der Waals surface area contributed by atoms with E-state index in [0.29, 0.717) is 32.1 Å². The molecule has 0 bridgehead atoms. The van der Waals surface area contributed by atoms with Gasteiger partial charge in [0.2, 0.25) is 11.8 Å². The van der Waals surface area contributed by atoms with E-state index in [2.05, 4.69) is 0 Å². The lowest BCUT2D eigenvalue weighted by Crippen LogP contribution is -2.46. The Hall–Kier alpha value is -1.39. The minimum absolute atomic E-state index is 0.148. The molecule has 0 aromatic carbocycles. The van der Waals surface area contributed by atoms with Crippen molar-refractivity contribution in [3.05, 3.63) is 0 Å². The summed E-state index contributed by atoms with van der Waals surface area (Å²) in [5, 5.41) is 0. The molecular weight excluding hydrogens is 246 g/mol. The smallest absolute Gasteiger partial charge is 0.305 e. The zero-order chi connectivity index (χ0) is 14.4. The van der Waals surface area contributed by atoms with Gasteiger partial charge in [-0.3, -0.25) is 19.3 Å². The first-order valence-corrected chi connectivity index (χ1v) is 7.09. The maximum absolute atomic E-state index is 11.9. The van der Waals surface area contributed by atoms with E-state index in [9.17, 15) is 14.4 Å². The normalized spacial score (nSPS) is 20.5. The number of imide groups is 1. The van der Waals surface area contributed by atoms with Gasteiger partial charge in [0, 0.05) is 19.3 Å². The van der Waals surface area contributed by atoms with E-state index in [0.717, 1.165) is 6.42 Å². The van der Waals surface area contributed by atoms with E-state index in [1.165, 1.54) is 4.90 Å². The van der Waals surface area contributed by atoms with Gasteiger partial charge < -0.3 is 4.74 Å². The lowest BCUT2D eigenvalue weighted by atomic mass is 10.0. The van der Waals surface area contributed by atoms with Crippen LogP contribution >= 0.6 is 0 Å². The van der Waals surface area contributed by atoms with Gasteiger partial charge in [-0.05, 0) is 12.8 Å². The fourth-order valence-electron chi connectivity index (χ4n) is 2.42. The summed E-state index contributed by atoms with van der Waals surface area (Å²) >= 11 is 0. The van der Waals surface area contributed by atoms with Gasteiger partial charge >= 0.3 is 5.97 Å². The first-order chi connectivity index (χ1) is 9.04. The number of likely N-dealkylation sites (tertiary alicyclic amines) is 1. The molecule has 0 saturated carbocycles. The fraction of sp³-hybridized carbons (Fsp3) is 0.786. The summed E-state index contributed by atoms with van der Waals surface area (Å²) in [7, 11) is 0. The quantitative estimate of drug-likeness (QED) is 0.692. The first-order valence-electron chi connectivity index (χ1n) is 7.09. The third kappa shape index (κ3) is 3.78. The second-order valence-corrected chi connectivity index (χ2v) is 4.79. The van der Waals surface area contributed by atoms with Crippen molar-refractivity contribution in [3.63, 3.8) is 0 Å². The van der Waals surface area contributed by atoms with Gasteiger partial charge in [-0.25, -0.2) is 0 Å². The lowest BCUT2D eigenvalue weighted by molar-refractivity contribution is -0.158. The summed E-state index contributed by atoms with van der Waals surface area (Å²) < 4.78 is 5.41. The lowest BCUT2D eigenvalue weighted by Gasteiger charge is -2.29. The highest BCUT2D eigenvalue weighted by molar-refractivity contribution is 5.97. The van der Waals surface area contributed by atoms with E-state index in [1.54, 1.807) is 13.8 Å². The topological polar surface area (TPSA) is 63.7 Å². The fourth-order valence-corrected chi connectivity index (χ4v) is 2.42. The maximum atomic E-state index is 11.9. The highest BCUT2D eigenvalue weighted by atomic mass is 16.5. The van der Waals surface area contributed by atoms with Crippen LogP contribution in [0.4, 0.5) is 0 Å². The van der Waals surface area contributed by atoms with Crippen LogP contribution < -0.4 is 0 Å². The molecule has 0 radical (unpaired) electrons. The molecule has 1 saturated heterocycles. The number of rotatable bonds is 6. The third-order valence-electron chi connectivity index (χ3n) is 3.40. The second-order valence-electron chi connectivity index (χ2n) is 4.79. The summed E-state index contributed by atoms with van der Waals surface area (Å²) in [4.78, 5) is 36.5. The zero-order valence-electron chi connectivity index (χ0n) is 12.0. The van der Waals surface area contributed by atoms with Crippen molar-refractivity contribution < 1.29 is 19.1 Å². The average molecular weight is 269 g/mol. The van der Waals surface area contributed by atoms with Crippen LogP contribution in [-0.2, 0) is 19.1 Å². The van der Waals surface area contributed by atoms with Crippen LogP contribution in [-0.4, -0.2) is 34.8 Å². The summed E-state index contributed by atoms with van der Waals surface area (Å²) in [6.45, 7) is 5.47.